The minimum absolute atomic E-state index is 0.00113. The van der Waals surface area contributed by atoms with E-state index < -0.39 is 40.9 Å². The number of hydrogen-bond donors (Lipinski definition) is 3. The number of methoxy groups -OCH3 is 1. The van der Waals surface area contributed by atoms with E-state index >= 15 is 4.39 Å². The summed E-state index contributed by atoms with van der Waals surface area (Å²) in [5.41, 5.74) is 7.00. The zero-order valence-electron chi connectivity index (χ0n) is 29.1. The molecule has 15 heteroatoms. The van der Waals surface area contributed by atoms with E-state index in [9.17, 15) is 23.9 Å². The molecule has 4 N–H and O–H groups in total. The van der Waals surface area contributed by atoms with Gasteiger partial charge in [-0.2, -0.15) is 0 Å². The molecule has 1 aromatic heterocycles. The van der Waals surface area contributed by atoms with E-state index in [-0.39, 0.29) is 40.8 Å². The number of nitrogens with zero attached hydrogens (tertiary/aromatic N) is 3. The van der Waals surface area contributed by atoms with Gasteiger partial charge < -0.3 is 29.9 Å². The van der Waals surface area contributed by atoms with Gasteiger partial charge in [0.05, 0.1) is 37.1 Å². The summed E-state index contributed by atoms with van der Waals surface area (Å²) in [7, 11) is 1.51. The lowest BCUT2D eigenvalue weighted by Gasteiger charge is -2.27. The normalized spacial score (nSPS) is 21.3. The van der Waals surface area contributed by atoms with E-state index in [1.807, 2.05) is 0 Å². The highest BCUT2D eigenvalue weighted by Gasteiger charge is 2.67. The highest BCUT2D eigenvalue weighted by molar-refractivity contribution is 6.17. The smallest absolute Gasteiger partial charge is 0.321 e. The Morgan fingerprint density at radius 3 is 2.43 bits per heavy atom. The van der Waals surface area contributed by atoms with Crippen LogP contribution in [0.15, 0.2) is 66.9 Å². The molecule has 7 rings (SSSR count). The van der Waals surface area contributed by atoms with Crippen LogP contribution in [0, 0.1) is 22.5 Å². The molecule has 278 valence electrons. The van der Waals surface area contributed by atoms with E-state index in [0.717, 1.165) is 62.4 Å². The molecule has 1 aliphatic heterocycles. The molecule has 3 atom stereocenters. The van der Waals surface area contributed by atoms with Crippen LogP contribution in [0.4, 0.5) is 20.2 Å². The molecule has 53 heavy (non-hydrogen) atoms. The first-order valence-corrected chi connectivity index (χ1v) is 17.2. The Labute approximate surface area is 303 Å². The third kappa shape index (κ3) is 7.06. The molecule has 3 fully saturated rings. The number of carbonyl (C=O) groups is 3. The van der Waals surface area contributed by atoms with Gasteiger partial charge >= 0.3 is 5.97 Å². The third-order valence-corrected chi connectivity index (χ3v) is 10.2. The second-order valence-corrected chi connectivity index (χ2v) is 13.8. The Kier molecular flexibility index (Phi) is 9.65. The van der Waals surface area contributed by atoms with E-state index in [4.69, 9.17) is 24.8 Å². The highest BCUT2D eigenvalue weighted by Crippen LogP contribution is 2.53. The van der Waals surface area contributed by atoms with Crippen LogP contribution in [0.1, 0.15) is 32.6 Å². The van der Waals surface area contributed by atoms with E-state index in [2.05, 4.69) is 15.4 Å². The number of anilines is 2. The van der Waals surface area contributed by atoms with Crippen molar-refractivity contribution in [3.05, 3.63) is 78.5 Å². The van der Waals surface area contributed by atoms with Crippen LogP contribution in [-0.4, -0.2) is 78.3 Å². The summed E-state index contributed by atoms with van der Waals surface area (Å²) < 4.78 is 47.5. The fourth-order valence-electron chi connectivity index (χ4n) is 7.01. The molecule has 3 aromatic carbocycles. The number of pyridine rings is 1. The van der Waals surface area contributed by atoms with Gasteiger partial charge in [0.1, 0.15) is 17.0 Å². The Hall–Kier alpha value is -5.38. The Morgan fingerprint density at radius 2 is 1.77 bits per heavy atom. The van der Waals surface area contributed by atoms with Crippen molar-refractivity contribution in [2.75, 3.05) is 38.3 Å². The maximum absolute atomic E-state index is 15.9. The van der Waals surface area contributed by atoms with E-state index in [1.165, 1.54) is 37.6 Å². The van der Waals surface area contributed by atoms with Gasteiger partial charge in [0.15, 0.2) is 23.1 Å². The van der Waals surface area contributed by atoms with Gasteiger partial charge in [-0.3, -0.25) is 29.2 Å². The lowest BCUT2D eigenvalue weighted by molar-refractivity contribution is -0.150. The number of aromatic nitrogens is 1. The van der Waals surface area contributed by atoms with Crippen molar-refractivity contribution < 1.29 is 47.3 Å². The zero-order valence-corrected chi connectivity index (χ0v) is 29.1. The fraction of sp³-hybridized carbons (Fsp3) is 0.368. The number of nitrogens with two attached hydrogens (primary N) is 1. The fourth-order valence-corrected chi connectivity index (χ4v) is 7.01. The number of carbonyl (C=O) groups excluding carboxylic acids is 3. The summed E-state index contributed by atoms with van der Waals surface area (Å²) in [5.74, 6) is -2.94. The summed E-state index contributed by atoms with van der Waals surface area (Å²) in [4.78, 5) is 50.7. The molecule has 4 aromatic rings. The average molecular weight is 732 g/mol. The van der Waals surface area contributed by atoms with Gasteiger partial charge in [0.25, 0.3) is 0 Å². The summed E-state index contributed by atoms with van der Waals surface area (Å²) in [6.45, 7) is 3.99. The number of ether oxygens (including phenoxy) is 3. The summed E-state index contributed by atoms with van der Waals surface area (Å²) in [6, 6.07) is 12.7. The molecule has 0 bridgehead atoms. The SMILES string of the molecule is COc1cc2c(Oc3ccc(N(C(=O)C4(C(N)=O)CC4NOC(C)=O)c4ccc(F)cc4)cc3F)ccnc2cc1OCCCN1CC(O)C2(CC2)C1. The largest absolute Gasteiger partial charge is 0.493 e. The van der Waals surface area contributed by atoms with Crippen LogP contribution in [-0.2, 0) is 19.2 Å². The van der Waals surface area contributed by atoms with Crippen LogP contribution < -0.4 is 30.3 Å². The molecule has 13 nitrogen and oxygen atoms in total. The van der Waals surface area contributed by atoms with Crippen molar-refractivity contribution >= 4 is 40.1 Å². The maximum atomic E-state index is 15.9. The second-order valence-electron chi connectivity index (χ2n) is 13.8. The van der Waals surface area contributed by atoms with Crippen molar-refractivity contribution in [2.24, 2.45) is 16.6 Å². The number of β-amino-alcohol motifs (C(OH)–C–C–N with tert-alkyl or cyclic N) is 1. The molecule has 3 unspecified atom stereocenters. The van der Waals surface area contributed by atoms with Crippen LogP contribution in [0.2, 0.25) is 0 Å². The number of nitrogens with one attached hydrogen (secondary N) is 1. The van der Waals surface area contributed by atoms with E-state index in [1.54, 1.807) is 18.2 Å². The van der Waals surface area contributed by atoms with Crippen molar-refractivity contribution in [1.82, 2.24) is 15.4 Å². The van der Waals surface area contributed by atoms with Crippen molar-refractivity contribution in [1.29, 1.82) is 0 Å². The van der Waals surface area contributed by atoms with Gasteiger partial charge in [-0.05, 0) is 74.2 Å². The molecule has 3 aliphatic rings. The minimum atomic E-state index is -1.83. The number of hydrogen-bond acceptors (Lipinski definition) is 11. The molecular weight excluding hydrogens is 692 g/mol. The number of primary amides is 1. The Bertz CT molecular complexity index is 2060. The van der Waals surface area contributed by atoms with Crippen molar-refractivity contribution in [2.45, 2.75) is 44.8 Å². The first-order chi connectivity index (χ1) is 25.4. The quantitative estimate of drug-likeness (QED) is 0.0949. The molecule has 2 amide bonds. The second kappa shape index (κ2) is 14.2. The number of aliphatic hydroxyl groups excluding tert-OH is 1. The number of amides is 2. The zero-order chi connectivity index (χ0) is 37.5. The summed E-state index contributed by atoms with van der Waals surface area (Å²) in [6.07, 6.45) is 4.10. The van der Waals surface area contributed by atoms with Gasteiger partial charge in [-0.15, -0.1) is 5.48 Å². The lowest BCUT2D eigenvalue weighted by atomic mass is 10.0. The van der Waals surface area contributed by atoms with Gasteiger partial charge in [-0.25, -0.2) is 8.78 Å². The molecule has 0 radical (unpaired) electrons. The Balaban J connectivity index is 1.10. The number of aliphatic hydroxyl groups is 1. The van der Waals surface area contributed by atoms with Gasteiger partial charge in [-0.1, -0.05) is 0 Å². The summed E-state index contributed by atoms with van der Waals surface area (Å²) in [5, 5.41) is 10.9. The maximum Gasteiger partial charge on any atom is 0.321 e. The number of halogens is 2. The van der Waals surface area contributed by atoms with E-state index in [0.29, 0.717) is 35.6 Å². The van der Waals surface area contributed by atoms with Crippen LogP contribution >= 0.6 is 0 Å². The number of benzene rings is 3. The summed E-state index contributed by atoms with van der Waals surface area (Å²) >= 11 is 0. The predicted molar refractivity (Wildman–Crippen MR) is 187 cm³/mol. The standard InChI is InChI=1S/C38H39F2N5O8/c1-22(46)53-43-33-19-38(33,35(41)48)36(49)45(24-6-4-23(39)5-7-24)25-8-9-30(27(40)16-25)52-29-10-13-42-28-18-32(31(50-2)17-26(28)29)51-15-3-14-44-20-34(47)37(21-44)11-12-37/h4-10,13,16-18,33-34,43,47H,3,11-12,14-15,19-21H2,1-2H3,(H2,41,48). The molecular formula is C38H39F2N5O8. The van der Waals surface area contributed by atoms with Crippen LogP contribution in [0.25, 0.3) is 10.9 Å². The molecule has 1 spiro atoms. The molecule has 2 aliphatic carbocycles. The van der Waals surface area contributed by atoms with Crippen molar-refractivity contribution in [3.8, 4) is 23.0 Å². The number of rotatable bonds is 14. The average Bonchev–Trinajstić information content (AvgIpc) is 4.05. The molecule has 1 saturated heterocycles. The monoisotopic (exact) mass is 731 g/mol. The number of likely N-dealkylation sites (tertiary alicyclic amines) is 1. The minimum Gasteiger partial charge on any atom is -0.493 e. The predicted octanol–water partition coefficient (Wildman–Crippen LogP) is 4.52. The van der Waals surface area contributed by atoms with Crippen LogP contribution in [0.5, 0.6) is 23.0 Å². The topological polar surface area (TPSA) is 166 Å². The first-order valence-electron chi connectivity index (χ1n) is 17.2. The third-order valence-electron chi connectivity index (χ3n) is 10.2. The number of fused-ring (bicyclic) bond motifs is 1. The van der Waals surface area contributed by atoms with Crippen LogP contribution in [0.3, 0.4) is 0 Å². The van der Waals surface area contributed by atoms with Crippen molar-refractivity contribution in [3.63, 3.8) is 0 Å². The number of hydroxylamine groups is 1. The Morgan fingerprint density at radius 1 is 1.02 bits per heavy atom. The highest BCUT2D eigenvalue weighted by atomic mass is 19.1. The molecule has 2 saturated carbocycles. The first kappa shape index (κ1) is 36.0. The lowest BCUT2D eigenvalue weighted by Crippen LogP contribution is -2.46. The van der Waals surface area contributed by atoms with Gasteiger partial charge in [0.2, 0.25) is 11.8 Å². The molecule has 2 heterocycles. The van der Waals surface area contributed by atoms with Gasteiger partial charge in [0, 0.05) is 61.4 Å².